The Morgan fingerprint density at radius 3 is 1.94 bits per heavy atom. The van der Waals surface area contributed by atoms with Crippen molar-refractivity contribution in [3.05, 3.63) is 59.3 Å². The zero-order valence-corrected chi connectivity index (χ0v) is 22.8. The molecule has 0 unspecified atom stereocenters. The predicted molar refractivity (Wildman–Crippen MR) is 126 cm³/mol. The summed E-state index contributed by atoms with van der Waals surface area (Å²) in [6.07, 6.45) is 3.45. The average Bonchev–Trinajstić information content (AvgIpc) is 2.87. The van der Waals surface area contributed by atoms with Gasteiger partial charge in [-0.05, 0) is 21.9 Å². The van der Waals surface area contributed by atoms with Gasteiger partial charge in [-0.25, -0.2) is 15.0 Å². The first-order chi connectivity index (χ1) is 14.5. The molecule has 2 heterocycles. The normalized spacial score (nSPS) is 17.5. The largest absolute Gasteiger partial charge is 0.304 e. The molecule has 1 radical (unpaired) electrons. The quantitative estimate of drug-likeness (QED) is 0.337. The van der Waals surface area contributed by atoms with E-state index in [0.717, 1.165) is 41.3 Å². The van der Waals surface area contributed by atoms with Crippen LogP contribution in [0.25, 0.3) is 22.6 Å². The van der Waals surface area contributed by atoms with Crippen LogP contribution in [0.4, 0.5) is 0 Å². The number of pyridine rings is 1. The maximum absolute atomic E-state index is 4.75. The summed E-state index contributed by atoms with van der Waals surface area (Å²) in [5, 5.41) is 0. The summed E-state index contributed by atoms with van der Waals surface area (Å²) in [6, 6.07) is 12.1. The molecule has 5 heteroatoms. The maximum atomic E-state index is 4.75. The minimum absolute atomic E-state index is 0. The SMILES string of the molecule is CCc1nc(CC)nc(-c2ccc(-c3[c-]cc4c(c3)C(C)(C)C(C)(C)C4(C)C)nc2)n1.[Ir]. The Bertz CT molecular complexity index is 1110. The van der Waals surface area contributed by atoms with Gasteiger partial charge in [0, 0.05) is 44.7 Å². The number of nitrogens with zero attached hydrogens (tertiary/aromatic N) is 4. The van der Waals surface area contributed by atoms with Gasteiger partial charge in [-0.2, -0.15) is 0 Å². The second kappa shape index (κ2) is 8.42. The Labute approximate surface area is 206 Å². The summed E-state index contributed by atoms with van der Waals surface area (Å²) in [6.45, 7) is 18.3. The van der Waals surface area contributed by atoms with Gasteiger partial charge in [0.15, 0.2) is 5.82 Å². The smallest absolute Gasteiger partial charge is 0.164 e. The van der Waals surface area contributed by atoms with E-state index in [1.165, 1.54) is 11.1 Å². The van der Waals surface area contributed by atoms with Crippen LogP contribution in [0.3, 0.4) is 0 Å². The van der Waals surface area contributed by atoms with E-state index in [1.54, 1.807) is 0 Å². The molecule has 0 bridgehead atoms. The third kappa shape index (κ3) is 3.64. The molecule has 32 heavy (non-hydrogen) atoms. The molecule has 0 fully saturated rings. The van der Waals surface area contributed by atoms with Crippen molar-refractivity contribution in [1.82, 2.24) is 19.9 Å². The van der Waals surface area contributed by atoms with Crippen molar-refractivity contribution in [2.75, 3.05) is 0 Å². The summed E-state index contributed by atoms with van der Waals surface area (Å²) < 4.78 is 0. The van der Waals surface area contributed by atoms with Gasteiger partial charge >= 0.3 is 0 Å². The van der Waals surface area contributed by atoms with Crippen LogP contribution in [0.2, 0.25) is 0 Å². The molecule has 3 aromatic rings. The van der Waals surface area contributed by atoms with Gasteiger partial charge in [0.2, 0.25) is 0 Å². The van der Waals surface area contributed by atoms with Crippen molar-refractivity contribution in [3.63, 3.8) is 0 Å². The fourth-order valence-electron chi connectivity index (χ4n) is 4.73. The molecule has 0 N–H and O–H groups in total. The summed E-state index contributed by atoms with van der Waals surface area (Å²) >= 11 is 0. The van der Waals surface area contributed by atoms with Crippen molar-refractivity contribution in [3.8, 4) is 22.6 Å². The van der Waals surface area contributed by atoms with Crippen LogP contribution >= 0.6 is 0 Å². The number of hydrogen-bond donors (Lipinski definition) is 0. The molecule has 4 nitrogen and oxygen atoms in total. The molecule has 0 amide bonds. The Morgan fingerprint density at radius 2 is 1.41 bits per heavy atom. The van der Waals surface area contributed by atoms with Crippen molar-refractivity contribution < 1.29 is 20.1 Å². The van der Waals surface area contributed by atoms with E-state index >= 15 is 0 Å². The fourth-order valence-corrected chi connectivity index (χ4v) is 4.73. The van der Waals surface area contributed by atoms with Crippen LogP contribution in [0.1, 0.15) is 78.2 Å². The maximum Gasteiger partial charge on any atom is 0.164 e. The number of rotatable bonds is 4. The molecule has 1 aliphatic rings. The molecule has 0 atom stereocenters. The third-order valence-electron chi connectivity index (χ3n) is 8.08. The van der Waals surface area contributed by atoms with E-state index in [-0.39, 0.29) is 36.4 Å². The summed E-state index contributed by atoms with van der Waals surface area (Å²) in [5.74, 6) is 2.35. The van der Waals surface area contributed by atoms with E-state index < -0.39 is 0 Å². The summed E-state index contributed by atoms with van der Waals surface area (Å²) in [5.41, 5.74) is 5.96. The van der Waals surface area contributed by atoms with E-state index in [0.29, 0.717) is 5.82 Å². The average molecular weight is 606 g/mol. The van der Waals surface area contributed by atoms with Crippen LogP contribution in [0, 0.1) is 11.5 Å². The molecule has 0 aliphatic heterocycles. The van der Waals surface area contributed by atoms with Gasteiger partial charge in [-0.15, -0.1) is 34.9 Å². The Balaban J connectivity index is 0.00000289. The first-order valence-corrected chi connectivity index (χ1v) is 11.3. The molecule has 4 rings (SSSR count). The van der Waals surface area contributed by atoms with Gasteiger partial charge in [-0.3, -0.25) is 0 Å². The van der Waals surface area contributed by atoms with Crippen molar-refractivity contribution in [1.29, 1.82) is 0 Å². The van der Waals surface area contributed by atoms with E-state index in [4.69, 9.17) is 4.98 Å². The molecule has 171 valence electrons. The van der Waals surface area contributed by atoms with Crippen molar-refractivity contribution in [2.24, 2.45) is 5.41 Å². The van der Waals surface area contributed by atoms with Gasteiger partial charge in [0.25, 0.3) is 0 Å². The molecular formula is C27H33IrN4-. The molecule has 1 aliphatic carbocycles. The van der Waals surface area contributed by atoms with E-state index in [1.807, 2.05) is 12.3 Å². The van der Waals surface area contributed by atoms with Gasteiger partial charge in [-0.1, -0.05) is 67.5 Å². The Kier molecular flexibility index (Phi) is 6.49. The number of hydrogen-bond acceptors (Lipinski definition) is 4. The number of fused-ring (bicyclic) bond motifs is 1. The van der Waals surface area contributed by atoms with Gasteiger partial charge in [0.05, 0.1) is 0 Å². The zero-order valence-electron chi connectivity index (χ0n) is 20.4. The Hall–Kier alpha value is -1.97. The van der Waals surface area contributed by atoms with E-state index in [9.17, 15) is 0 Å². The molecular weight excluding hydrogens is 573 g/mol. The topological polar surface area (TPSA) is 51.6 Å². The first kappa shape index (κ1) is 24.7. The minimum Gasteiger partial charge on any atom is -0.304 e. The minimum atomic E-state index is 0. The molecule has 1 aromatic carbocycles. The Morgan fingerprint density at radius 1 is 0.812 bits per heavy atom. The van der Waals surface area contributed by atoms with Crippen LogP contribution in [-0.2, 0) is 43.8 Å². The summed E-state index contributed by atoms with van der Waals surface area (Å²) in [7, 11) is 0. The van der Waals surface area contributed by atoms with Crippen molar-refractivity contribution >= 4 is 0 Å². The first-order valence-electron chi connectivity index (χ1n) is 11.3. The molecule has 0 spiro atoms. The third-order valence-corrected chi connectivity index (χ3v) is 8.08. The van der Waals surface area contributed by atoms with Crippen LogP contribution in [0.15, 0.2) is 30.5 Å². The van der Waals surface area contributed by atoms with Crippen LogP contribution < -0.4 is 0 Å². The number of aryl methyl sites for hydroxylation is 2. The van der Waals surface area contributed by atoms with Crippen molar-refractivity contribution in [2.45, 2.75) is 79.1 Å². The van der Waals surface area contributed by atoms with E-state index in [2.05, 4.69) is 94.6 Å². The number of benzene rings is 1. The van der Waals surface area contributed by atoms with Gasteiger partial charge in [0.1, 0.15) is 11.6 Å². The number of aromatic nitrogens is 4. The molecule has 0 saturated carbocycles. The predicted octanol–water partition coefficient (Wildman–Crippen LogP) is 6.12. The van der Waals surface area contributed by atoms with Gasteiger partial charge < -0.3 is 4.98 Å². The second-order valence-electron chi connectivity index (χ2n) is 10.2. The molecule has 0 saturated heterocycles. The molecule has 2 aromatic heterocycles. The summed E-state index contributed by atoms with van der Waals surface area (Å²) in [4.78, 5) is 18.4. The standard InChI is InChI=1S/C27H33N4.Ir/c1-9-22-29-23(10-2)31-24(30-22)18-12-14-21(28-16-18)17-11-13-19-20(15-17)26(5,6)27(7,8)25(19,3)4;/h12-16H,9-10H2,1-8H3;/q-1;. The zero-order chi connectivity index (χ0) is 22.6. The van der Waals surface area contributed by atoms with Crippen LogP contribution in [-0.4, -0.2) is 19.9 Å². The fraction of sp³-hybridized carbons (Fsp3) is 0.481. The van der Waals surface area contributed by atoms with Crippen LogP contribution in [0.5, 0.6) is 0 Å². The second-order valence-corrected chi connectivity index (χ2v) is 10.2. The monoisotopic (exact) mass is 606 g/mol.